The van der Waals surface area contributed by atoms with Crippen LogP contribution in [0, 0.1) is 6.92 Å². The number of aromatic nitrogens is 2. The van der Waals surface area contributed by atoms with Crippen LogP contribution in [-0.4, -0.2) is 22.8 Å². The van der Waals surface area contributed by atoms with E-state index in [1.807, 2.05) is 48.5 Å². The summed E-state index contributed by atoms with van der Waals surface area (Å²) in [6.45, 7) is 2.30. The van der Waals surface area contributed by atoms with Crippen LogP contribution >= 0.6 is 11.3 Å². The lowest BCUT2D eigenvalue weighted by Crippen LogP contribution is -2.28. The number of carbonyl (C=O) groups is 1. The minimum absolute atomic E-state index is 0.0729. The third kappa shape index (κ3) is 3.53. The number of benzene rings is 3. The zero-order chi connectivity index (χ0) is 24.3. The molecule has 0 spiro atoms. The van der Waals surface area contributed by atoms with Crippen LogP contribution in [0.4, 0.5) is 5.69 Å². The maximum atomic E-state index is 13.3. The number of carbonyl (C=O) groups excluding carboxylic acids is 1. The molecule has 36 heavy (non-hydrogen) atoms. The van der Waals surface area contributed by atoms with E-state index in [0.717, 1.165) is 40.2 Å². The van der Waals surface area contributed by atoms with E-state index in [1.54, 1.807) is 11.3 Å². The van der Waals surface area contributed by atoms with Crippen LogP contribution in [0.5, 0.6) is 11.5 Å². The maximum Gasteiger partial charge on any atom is 0.236 e. The Morgan fingerprint density at radius 3 is 2.58 bits per heavy atom. The molecule has 1 saturated carbocycles. The number of fused-ring (bicyclic) bond motifs is 2. The first-order chi connectivity index (χ1) is 17.6. The van der Waals surface area contributed by atoms with E-state index in [2.05, 4.69) is 35.6 Å². The maximum absolute atomic E-state index is 13.3. The van der Waals surface area contributed by atoms with E-state index in [0.29, 0.717) is 23.0 Å². The van der Waals surface area contributed by atoms with E-state index in [4.69, 9.17) is 19.0 Å². The van der Waals surface area contributed by atoms with Crippen LogP contribution < -0.4 is 14.8 Å². The number of hydrogen-bond acceptors (Lipinski definition) is 7. The number of amides is 1. The molecule has 0 radical (unpaired) electrons. The van der Waals surface area contributed by atoms with Crippen LogP contribution in [-0.2, 0) is 10.2 Å². The Labute approximate surface area is 210 Å². The summed E-state index contributed by atoms with van der Waals surface area (Å²) in [5.74, 6) is 1.91. The van der Waals surface area contributed by atoms with E-state index in [-0.39, 0.29) is 12.7 Å². The molecular formula is C28H21N3O4S. The molecule has 0 saturated heterocycles. The first-order valence-corrected chi connectivity index (χ1v) is 12.6. The lowest BCUT2D eigenvalue weighted by molar-refractivity contribution is -0.118. The Hall–Kier alpha value is -4.17. The van der Waals surface area contributed by atoms with Crippen molar-refractivity contribution in [1.29, 1.82) is 0 Å². The van der Waals surface area contributed by atoms with Gasteiger partial charge in [-0.2, -0.15) is 0 Å². The minimum atomic E-state index is -0.665. The molecule has 0 bridgehead atoms. The van der Waals surface area contributed by atoms with Gasteiger partial charge in [0.2, 0.25) is 12.7 Å². The molecule has 1 amide bonds. The molecule has 0 unspecified atom stereocenters. The van der Waals surface area contributed by atoms with Crippen molar-refractivity contribution in [2.24, 2.45) is 0 Å². The SMILES string of the molecule is Cc1ccc2nc(-c3ccc(NC(=O)C4(c5cc(-c6ccc7c(c6)OCO7)on5)CC4)cc3)sc2c1. The zero-order valence-corrected chi connectivity index (χ0v) is 20.2. The largest absolute Gasteiger partial charge is 0.454 e. The highest BCUT2D eigenvalue weighted by atomic mass is 32.1. The highest BCUT2D eigenvalue weighted by Gasteiger charge is 2.53. The van der Waals surface area contributed by atoms with Crippen molar-refractivity contribution in [2.45, 2.75) is 25.2 Å². The van der Waals surface area contributed by atoms with Crippen LogP contribution in [0.3, 0.4) is 0 Å². The van der Waals surface area contributed by atoms with Gasteiger partial charge in [0.25, 0.3) is 0 Å². The molecule has 3 aromatic carbocycles. The van der Waals surface area contributed by atoms with Gasteiger partial charge in [0, 0.05) is 22.9 Å². The molecule has 1 aliphatic carbocycles. The van der Waals surface area contributed by atoms with Gasteiger partial charge in [-0.15, -0.1) is 11.3 Å². The van der Waals surface area contributed by atoms with Gasteiger partial charge >= 0.3 is 0 Å². The summed E-state index contributed by atoms with van der Waals surface area (Å²) >= 11 is 1.67. The van der Waals surface area contributed by atoms with Crippen molar-refractivity contribution >= 4 is 33.1 Å². The molecule has 1 aliphatic heterocycles. The van der Waals surface area contributed by atoms with E-state index in [1.165, 1.54) is 10.3 Å². The quantitative estimate of drug-likeness (QED) is 0.307. The average molecular weight is 496 g/mol. The number of aryl methyl sites for hydroxylation is 1. The summed E-state index contributed by atoms with van der Waals surface area (Å²) in [4.78, 5) is 18.0. The lowest BCUT2D eigenvalue weighted by atomic mass is 10.00. The van der Waals surface area contributed by atoms with Gasteiger partial charge in [0.15, 0.2) is 17.3 Å². The van der Waals surface area contributed by atoms with Crippen molar-refractivity contribution in [2.75, 3.05) is 12.1 Å². The molecule has 0 atom stereocenters. The van der Waals surface area contributed by atoms with Crippen molar-refractivity contribution in [1.82, 2.24) is 10.1 Å². The summed E-state index contributed by atoms with van der Waals surface area (Å²) in [6.07, 6.45) is 1.46. The van der Waals surface area contributed by atoms with Crippen LogP contribution in [0.2, 0.25) is 0 Å². The van der Waals surface area contributed by atoms with E-state index in [9.17, 15) is 4.79 Å². The van der Waals surface area contributed by atoms with Gasteiger partial charge in [-0.1, -0.05) is 11.2 Å². The molecule has 1 fully saturated rings. The first-order valence-electron chi connectivity index (χ1n) is 11.7. The Morgan fingerprint density at radius 2 is 1.75 bits per heavy atom. The number of anilines is 1. The van der Waals surface area contributed by atoms with Gasteiger partial charge in [0.05, 0.1) is 21.3 Å². The lowest BCUT2D eigenvalue weighted by Gasteiger charge is -2.12. The van der Waals surface area contributed by atoms with Crippen molar-refractivity contribution in [3.8, 4) is 33.4 Å². The van der Waals surface area contributed by atoms with Crippen LogP contribution in [0.1, 0.15) is 24.1 Å². The third-order valence-electron chi connectivity index (χ3n) is 6.78. The minimum Gasteiger partial charge on any atom is -0.454 e. The molecule has 1 N–H and O–H groups in total. The third-order valence-corrected chi connectivity index (χ3v) is 7.84. The predicted molar refractivity (Wildman–Crippen MR) is 137 cm³/mol. The number of rotatable bonds is 5. The highest BCUT2D eigenvalue weighted by Crippen LogP contribution is 2.49. The van der Waals surface area contributed by atoms with E-state index < -0.39 is 5.41 Å². The molecule has 8 heteroatoms. The standard InChI is InChI=1S/C28H21N3O4S/c1-16-2-8-20-24(12-16)36-26(30-20)17-3-6-19(7-4-17)29-27(32)28(10-11-28)25-14-22(35-31-25)18-5-9-21-23(13-18)34-15-33-21/h2-9,12-14H,10-11,15H2,1H3,(H,29,32). The summed E-state index contributed by atoms with van der Waals surface area (Å²) in [5, 5.41) is 8.28. The number of ether oxygens (including phenoxy) is 2. The summed E-state index contributed by atoms with van der Waals surface area (Å²) in [6, 6.07) is 21.6. The molecule has 7 nitrogen and oxygen atoms in total. The average Bonchev–Trinajstić information content (AvgIpc) is 3.24. The fourth-order valence-corrected chi connectivity index (χ4v) is 5.58. The second kappa shape index (κ2) is 7.93. The van der Waals surface area contributed by atoms with Gasteiger partial charge in [-0.25, -0.2) is 4.98 Å². The second-order valence-corrected chi connectivity index (χ2v) is 10.3. The number of thiazole rings is 1. The zero-order valence-electron chi connectivity index (χ0n) is 19.4. The Bertz CT molecular complexity index is 1630. The fourth-order valence-electron chi connectivity index (χ4n) is 4.51. The van der Waals surface area contributed by atoms with Crippen LogP contribution in [0.15, 0.2) is 71.3 Å². The van der Waals surface area contributed by atoms with Gasteiger partial charge < -0.3 is 19.3 Å². The smallest absolute Gasteiger partial charge is 0.236 e. The molecule has 5 aromatic rings. The topological polar surface area (TPSA) is 86.5 Å². The van der Waals surface area contributed by atoms with Crippen molar-refractivity contribution in [3.63, 3.8) is 0 Å². The molecule has 2 aliphatic rings. The Kier molecular flexibility index (Phi) is 4.65. The predicted octanol–water partition coefficient (Wildman–Crippen LogP) is 6.33. The Balaban J connectivity index is 1.08. The highest BCUT2D eigenvalue weighted by molar-refractivity contribution is 7.21. The molecule has 7 rings (SSSR count). The van der Waals surface area contributed by atoms with Crippen molar-refractivity contribution < 1.29 is 18.8 Å². The van der Waals surface area contributed by atoms with Gasteiger partial charge in [-0.05, 0) is 79.9 Å². The fraction of sp³-hybridized carbons (Fsp3) is 0.179. The van der Waals surface area contributed by atoms with Gasteiger partial charge in [0.1, 0.15) is 5.01 Å². The second-order valence-electron chi connectivity index (χ2n) is 9.25. The van der Waals surface area contributed by atoms with Crippen LogP contribution in [0.25, 0.3) is 32.1 Å². The normalized spacial score (nSPS) is 15.2. The van der Waals surface area contributed by atoms with Crippen molar-refractivity contribution in [3.05, 3.63) is 78.0 Å². The number of nitrogens with one attached hydrogen (secondary N) is 1. The first kappa shape index (κ1) is 21.1. The molecular weight excluding hydrogens is 474 g/mol. The summed E-state index contributed by atoms with van der Waals surface area (Å²) in [5.41, 5.74) is 4.80. The van der Waals surface area contributed by atoms with Gasteiger partial charge in [-0.3, -0.25) is 4.79 Å². The van der Waals surface area contributed by atoms with E-state index >= 15 is 0 Å². The summed E-state index contributed by atoms with van der Waals surface area (Å²) < 4.78 is 17.6. The number of nitrogens with zero attached hydrogens (tertiary/aromatic N) is 2. The molecule has 2 aromatic heterocycles. The summed E-state index contributed by atoms with van der Waals surface area (Å²) in [7, 11) is 0. The monoisotopic (exact) mass is 495 g/mol. The molecule has 178 valence electrons. The Morgan fingerprint density at radius 1 is 0.944 bits per heavy atom. The molecule has 3 heterocycles. The number of hydrogen-bond donors (Lipinski definition) is 1.